The number of hydrogen-bond donors (Lipinski definition) is 1. The van der Waals surface area contributed by atoms with Crippen LogP contribution in [0.15, 0.2) is 30.4 Å². The molecule has 0 fully saturated rings. The zero-order valence-electron chi connectivity index (χ0n) is 11.9. The number of nitrogens with one attached hydrogen (secondary N) is 1. The van der Waals surface area contributed by atoms with Gasteiger partial charge in [0, 0.05) is 22.7 Å². The van der Waals surface area contributed by atoms with Crippen molar-refractivity contribution in [3.63, 3.8) is 0 Å². The molecule has 1 N–H and O–H groups in total. The highest BCUT2D eigenvalue weighted by molar-refractivity contribution is 6.33. The number of hydrogen-bond acceptors (Lipinski definition) is 4. The van der Waals surface area contributed by atoms with E-state index in [0.29, 0.717) is 16.3 Å². The summed E-state index contributed by atoms with van der Waals surface area (Å²) in [7, 11) is 0. The van der Waals surface area contributed by atoms with E-state index in [4.69, 9.17) is 16.3 Å². The Morgan fingerprint density at radius 2 is 2.23 bits per heavy atom. The molecule has 1 aromatic rings. The van der Waals surface area contributed by atoms with E-state index in [9.17, 15) is 14.4 Å². The molecule has 0 saturated carbocycles. The van der Waals surface area contributed by atoms with E-state index in [1.165, 1.54) is 12.2 Å². The summed E-state index contributed by atoms with van der Waals surface area (Å²) in [6.45, 7) is 1.86. The molecule has 6 heteroatoms. The Labute approximate surface area is 132 Å². The molecule has 3 rings (SSSR count). The molecule has 22 heavy (non-hydrogen) atoms. The molecule has 2 aliphatic rings. The Morgan fingerprint density at radius 1 is 1.45 bits per heavy atom. The van der Waals surface area contributed by atoms with Crippen molar-refractivity contribution in [3.8, 4) is 0 Å². The first-order chi connectivity index (χ1) is 10.5. The largest absolute Gasteiger partial charge is 0.466 e. The number of ether oxygens (including phenoxy) is 1. The van der Waals surface area contributed by atoms with E-state index in [0.717, 1.165) is 0 Å². The molecule has 0 aromatic heterocycles. The van der Waals surface area contributed by atoms with Crippen molar-refractivity contribution in [2.75, 3.05) is 11.9 Å². The van der Waals surface area contributed by atoms with E-state index in [2.05, 4.69) is 5.32 Å². The zero-order valence-corrected chi connectivity index (χ0v) is 12.6. The minimum Gasteiger partial charge on any atom is -0.466 e. The molecule has 2 atom stereocenters. The van der Waals surface area contributed by atoms with Gasteiger partial charge in [-0.15, -0.1) is 0 Å². The Hall–Kier alpha value is -2.14. The summed E-state index contributed by atoms with van der Waals surface area (Å²) in [5, 5.41) is 3.13. The van der Waals surface area contributed by atoms with Crippen LogP contribution >= 0.6 is 11.6 Å². The molecule has 114 valence electrons. The molecule has 5 nitrogen and oxygen atoms in total. The van der Waals surface area contributed by atoms with Crippen LogP contribution in [0.5, 0.6) is 0 Å². The number of benzene rings is 1. The number of allylic oxidation sites excluding steroid dienone is 1. The molecule has 0 bridgehead atoms. The van der Waals surface area contributed by atoms with Gasteiger partial charge in [0.05, 0.1) is 12.5 Å². The minimum atomic E-state index is -1.28. The summed E-state index contributed by atoms with van der Waals surface area (Å²) in [4.78, 5) is 36.8. The molecule has 0 saturated heterocycles. The standard InChI is InChI=1S/C16H14ClNO4/c1-2-22-14(20)10-8-9(19)6-7-16(10)13-11(17)4-3-5-12(13)18-15(16)21/h3-7,10H,2,8H2,1H3,(H,18,21)/t10-,16-/m0/s1. The molecule has 1 amide bonds. The molecule has 1 aliphatic heterocycles. The van der Waals surface area contributed by atoms with Crippen molar-refractivity contribution in [1.29, 1.82) is 0 Å². The lowest BCUT2D eigenvalue weighted by atomic mass is 9.66. The highest BCUT2D eigenvalue weighted by atomic mass is 35.5. The van der Waals surface area contributed by atoms with Crippen LogP contribution in [0.2, 0.25) is 5.02 Å². The Bertz CT molecular complexity index is 712. The van der Waals surface area contributed by atoms with Gasteiger partial charge in [-0.25, -0.2) is 0 Å². The van der Waals surface area contributed by atoms with Crippen LogP contribution in [0.4, 0.5) is 5.69 Å². The maximum absolute atomic E-state index is 12.6. The Kier molecular flexibility index (Phi) is 3.53. The third-order valence-corrected chi connectivity index (χ3v) is 4.42. The van der Waals surface area contributed by atoms with Crippen molar-refractivity contribution < 1.29 is 19.1 Å². The van der Waals surface area contributed by atoms with E-state index < -0.39 is 17.3 Å². The molecule has 0 unspecified atom stereocenters. The van der Waals surface area contributed by atoms with Crippen LogP contribution in [-0.2, 0) is 24.5 Å². The van der Waals surface area contributed by atoms with Crippen molar-refractivity contribution in [2.24, 2.45) is 5.92 Å². The second-order valence-corrected chi connectivity index (χ2v) is 5.70. The summed E-state index contributed by atoms with van der Waals surface area (Å²) in [6, 6.07) is 5.10. The van der Waals surface area contributed by atoms with E-state index >= 15 is 0 Å². The number of anilines is 1. The van der Waals surface area contributed by atoms with Crippen molar-refractivity contribution in [2.45, 2.75) is 18.8 Å². The third kappa shape index (κ3) is 1.96. The Morgan fingerprint density at radius 3 is 2.95 bits per heavy atom. The summed E-state index contributed by atoms with van der Waals surface area (Å²) >= 11 is 6.28. The number of fused-ring (bicyclic) bond motifs is 2. The van der Waals surface area contributed by atoms with Crippen LogP contribution in [0.3, 0.4) is 0 Å². The maximum Gasteiger partial charge on any atom is 0.311 e. The third-order valence-electron chi connectivity index (χ3n) is 4.11. The number of carbonyl (C=O) groups is 3. The van der Waals surface area contributed by atoms with Gasteiger partial charge >= 0.3 is 5.97 Å². The topological polar surface area (TPSA) is 72.5 Å². The molecular formula is C16H14ClNO4. The van der Waals surface area contributed by atoms with Crippen LogP contribution in [0.1, 0.15) is 18.9 Å². The van der Waals surface area contributed by atoms with Gasteiger partial charge in [-0.3, -0.25) is 14.4 Å². The predicted octanol–water partition coefficient (Wildman–Crippen LogP) is 2.24. The van der Waals surface area contributed by atoms with Crippen LogP contribution < -0.4 is 5.32 Å². The van der Waals surface area contributed by atoms with Crippen molar-refractivity contribution in [1.82, 2.24) is 0 Å². The summed E-state index contributed by atoms with van der Waals surface area (Å²) in [5.41, 5.74) is -0.192. The predicted molar refractivity (Wildman–Crippen MR) is 80.6 cm³/mol. The van der Waals surface area contributed by atoms with Crippen LogP contribution in [0, 0.1) is 5.92 Å². The minimum absolute atomic E-state index is 0.0760. The number of carbonyl (C=O) groups excluding carboxylic acids is 3. The van der Waals surface area contributed by atoms with Crippen LogP contribution in [-0.4, -0.2) is 24.3 Å². The highest BCUT2D eigenvalue weighted by Crippen LogP contribution is 2.50. The SMILES string of the molecule is CCOC(=O)[C@@H]1CC(=O)C=C[C@]12C(=O)Nc1cccc(Cl)c12. The van der Waals surface area contributed by atoms with Gasteiger partial charge in [0.25, 0.3) is 0 Å². The fraction of sp³-hybridized carbons (Fsp3) is 0.312. The quantitative estimate of drug-likeness (QED) is 0.849. The average Bonchev–Trinajstić information content (AvgIpc) is 2.76. The zero-order chi connectivity index (χ0) is 15.9. The molecule has 1 heterocycles. The van der Waals surface area contributed by atoms with Gasteiger partial charge in [-0.1, -0.05) is 23.7 Å². The molecule has 1 aliphatic carbocycles. The smallest absolute Gasteiger partial charge is 0.311 e. The van der Waals surface area contributed by atoms with E-state index in [1.54, 1.807) is 25.1 Å². The average molecular weight is 320 g/mol. The molecule has 1 spiro atoms. The van der Waals surface area contributed by atoms with E-state index in [1.807, 2.05) is 0 Å². The maximum atomic E-state index is 12.6. The normalized spacial score (nSPS) is 26.0. The lowest BCUT2D eigenvalue weighted by Gasteiger charge is -2.34. The van der Waals surface area contributed by atoms with Crippen molar-refractivity contribution >= 4 is 34.9 Å². The first-order valence-corrected chi connectivity index (χ1v) is 7.37. The molecular weight excluding hydrogens is 306 g/mol. The van der Waals surface area contributed by atoms with Crippen LogP contribution in [0.25, 0.3) is 0 Å². The number of ketones is 1. The first kappa shape index (κ1) is 14.8. The number of amides is 1. The molecule has 0 radical (unpaired) electrons. The highest BCUT2D eigenvalue weighted by Gasteiger charge is 2.56. The van der Waals surface area contributed by atoms with Gasteiger partial charge in [0.2, 0.25) is 5.91 Å². The summed E-state index contributed by atoms with van der Waals surface area (Å²) in [6.07, 6.45) is 2.74. The lowest BCUT2D eigenvalue weighted by molar-refractivity contribution is -0.153. The second kappa shape index (κ2) is 5.25. The van der Waals surface area contributed by atoms with Gasteiger partial charge in [-0.2, -0.15) is 0 Å². The Balaban J connectivity index is 2.22. The number of halogens is 1. The van der Waals surface area contributed by atoms with Gasteiger partial charge in [0.15, 0.2) is 5.78 Å². The number of esters is 1. The fourth-order valence-corrected chi connectivity index (χ4v) is 3.49. The first-order valence-electron chi connectivity index (χ1n) is 7.00. The fourth-order valence-electron chi connectivity index (χ4n) is 3.16. The van der Waals surface area contributed by atoms with Gasteiger partial charge < -0.3 is 10.1 Å². The second-order valence-electron chi connectivity index (χ2n) is 5.29. The van der Waals surface area contributed by atoms with E-state index in [-0.39, 0.29) is 24.7 Å². The monoisotopic (exact) mass is 319 g/mol. The summed E-state index contributed by atoms with van der Waals surface area (Å²) < 4.78 is 5.07. The van der Waals surface area contributed by atoms with Gasteiger partial charge in [-0.05, 0) is 25.1 Å². The molecule has 1 aromatic carbocycles. The van der Waals surface area contributed by atoms with Crippen molar-refractivity contribution in [3.05, 3.63) is 40.9 Å². The number of rotatable bonds is 2. The van der Waals surface area contributed by atoms with Gasteiger partial charge in [0.1, 0.15) is 5.41 Å². The lowest BCUT2D eigenvalue weighted by Crippen LogP contribution is -2.47. The summed E-state index contributed by atoms with van der Waals surface area (Å²) in [5.74, 6) is -2.05.